The van der Waals surface area contributed by atoms with Crippen molar-refractivity contribution in [2.24, 2.45) is 0 Å². The Labute approximate surface area is 147 Å². The lowest BCUT2D eigenvalue weighted by molar-refractivity contribution is 0.578. The molecule has 0 unspecified atom stereocenters. The van der Waals surface area contributed by atoms with Gasteiger partial charge in [0.1, 0.15) is 5.82 Å². The Morgan fingerprint density at radius 3 is 2.88 bits per heavy atom. The van der Waals surface area contributed by atoms with Crippen LogP contribution in [0.5, 0.6) is 0 Å². The van der Waals surface area contributed by atoms with Gasteiger partial charge in [-0.05, 0) is 61.1 Å². The third-order valence-electron chi connectivity index (χ3n) is 4.63. The van der Waals surface area contributed by atoms with E-state index in [1.165, 1.54) is 5.56 Å². The van der Waals surface area contributed by atoms with Crippen LogP contribution in [0.15, 0.2) is 47.5 Å². The molecule has 0 saturated carbocycles. The van der Waals surface area contributed by atoms with Crippen molar-refractivity contribution in [2.45, 2.75) is 37.0 Å². The molecule has 3 aromatic rings. The average molecular weight is 356 g/mol. The normalized spacial score (nSPS) is 14.1. The maximum Gasteiger partial charge on any atom is 0.240 e. The molecule has 0 atom stereocenters. The minimum absolute atomic E-state index is 0.362. The number of aryl methyl sites for hydroxylation is 3. The number of nitrogens with zero attached hydrogens (tertiary/aromatic N) is 3. The monoisotopic (exact) mass is 356 g/mol. The Bertz CT molecular complexity index is 1010. The number of fused-ring (bicyclic) bond motifs is 2. The summed E-state index contributed by atoms with van der Waals surface area (Å²) in [5, 5.41) is 8.26. The zero-order valence-electron chi connectivity index (χ0n) is 13.9. The van der Waals surface area contributed by atoms with Crippen LogP contribution in [-0.4, -0.2) is 29.6 Å². The van der Waals surface area contributed by atoms with E-state index >= 15 is 0 Å². The summed E-state index contributed by atoms with van der Waals surface area (Å²) in [4.78, 5) is 0.362. The van der Waals surface area contributed by atoms with E-state index in [1.807, 2.05) is 40.9 Å². The fourth-order valence-corrected chi connectivity index (χ4v) is 4.44. The molecule has 1 N–H and O–H groups in total. The van der Waals surface area contributed by atoms with E-state index in [-0.39, 0.29) is 0 Å². The summed E-state index contributed by atoms with van der Waals surface area (Å²) in [7, 11) is -3.46. The van der Waals surface area contributed by atoms with Crippen LogP contribution < -0.4 is 4.72 Å². The minimum Gasteiger partial charge on any atom is -0.286 e. The number of pyridine rings is 1. The summed E-state index contributed by atoms with van der Waals surface area (Å²) in [6.07, 6.45) is 6.38. The lowest BCUT2D eigenvalue weighted by atomic mass is 10.1. The van der Waals surface area contributed by atoms with Crippen LogP contribution in [0.1, 0.15) is 29.8 Å². The van der Waals surface area contributed by atoms with E-state index in [0.717, 1.165) is 36.3 Å². The molecule has 2 heterocycles. The van der Waals surface area contributed by atoms with Crippen LogP contribution in [0.3, 0.4) is 0 Å². The predicted octanol–water partition coefficient (Wildman–Crippen LogP) is 2.13. The van der Waals surface area contributed by atoms with Crippen molar-refractivity contribution in [3.63, 3.8) is 0 Å². The van der Waals surface area contributed by atoms with Crippen molar-refractivity contribution in [3.05, 3.63) is 59.5 Å². The Morgan fingerprint density at radius 1 is 1.08 bits per heavy atom. The summed E-state index contributed by atoms with van der Waals surface area (Å²) in [6.45, 7) is 0.376. The Balaban J connectivity index is 1.37. The van der Waals surface area contributed by atoms with Crippen LogP contribution in [0.2, 0.25) is 0 Å². The van der Waals surface area contributed by atoms with Gasteiger partial charge in [0.05, 0.1) is 4.90 Å². The van der Waals surface area contributed by atoms with Crippen LogP contribution in [-0.2, 0) is 29.3 Å². The maximum absolute atomic E-state index is 12.5. The van der Waals surface area contributed by atoms with Gasteiger partial charge in [0, 0.05) is 19.2 Å². The Kier molecular flexibility index (Phi) is 4.27. The first-order valence-electron chi connectivity index (χ1n) is 8.54. The zero-order chi connectivity index (χ0) is 17.3. The molecular formula is C18H20N4O2S. The Hall–Kier alpha value is -2.25. The third kappa shape index (κ3) is 3.29. The van der Waals surface area contributed by atoms with Crippen LogP contribution in [0.25, 0.3) is 5.65 Å². The number of hydrogen-bond acceptors (Lipinski definition) is 4. The van der Waals surface area contributed by atoms with Gasteiger partial charge in [-0.25, -0.2) is 13.1 Å². The molecule has 0 spiro atoms. The molecule has 0 bridgehead atoms. The molecule has 0 radical (unpaired) electrons. The second kappa shape index (κ2) is 6.57. The molecule has 4 rings (SSSR count). The molecule has 6 nitrogen and oxygen atoms in total. The topological polar surface area (TPSA) is 76.4 Å². The number of nitrogens with one attached hydrogen (secondary N) is 1. The first kappa shape index (κ1) is 16.2. The molecule has 0 amide bonds. The second-order valence-corrected chi connectivity index (χ2v) is 8.10. The van der Waals surface area contributed by atoms with Gasteiger partial charge in [-0.15, -0.1) is 10.2 Å². The van der Waals surface area contributed by atoms with Gasteiger partial charge in [-0.3, -0.25) is 4.40 Å². The van der Waals surface area contributed by atoms with Crippen molar-refractivity contribution in [1.29, 1.82) is 0 Å². The van der Waals surface area contributed by atoms with E-state index in [0.29, 0.717) is 24.3 Å². The van der Waals surface area contributed by atoms with Crippen molar-refractivity contribution in [3.8, 4) is 0 Å². The smallest absolute Gasteiger partial charge is 0.240 e. The van der Waals surface area contributed by atoms with Crippen LogP contribution in [0.4, 0.5) is 0 Å². The lowest BCUT2D eigenvalue weighted by Gasteiger charge is -2.08. The molecule has 0 saturated heterocycles. The number of hydrogen-bond donors (Lipinski definition) is 1. The zero-order valence-corrected chi connectivity index (χ0v) is 14.7. The van der Waals surface area contributed by atoms with Crippen molar-refractivity contribution >= 4 is 15.7 Å². The molecular weight excluding hydrogens is 336 g/mol. The predicted molar refractivity (Wildman–Crippen MR) is 95.0 cm³/mol. The third-order valence-corrected chi connectivity index (χ3v) is 6.09. The number of aromatic nitrogens is 3. The molecule has 0 fully saturated rings. The molecule has 0 aliphatic heterocycles. The van der Waals surface area contributed by atoms with E-state index in [4.69, 9.17) is 0 Å². The summed E-state index contributed by atoms with van der Waals surface area (Å²) in [5.74, 6) is 0.840. The highest BCUT2D eigenvalue weighted by atomic mass is 32.2. The molecule has 130 valence electrons. The summed E-state index contributed by atoms with van der Waals surface area (Å²) >= 11 is 0. The molecule has 1 aromatic carbocycles. The fourth-order valence-electron chi connectivity index (χ4n) is 3.31. The molecule has 2 aromatic heterocycles. The van der Waals surface area contributed by atoms with E-state index in [9.17, 15) is 8.42 Å². The van der Waals surface area contributed by atoms with E-state index in [2.05, 4.69) is 14.9 Å². The summed E-state index contributed by atoms with van der Waals surface area (Å²) in [5.41, 5.74) is 3.24. The highest BCUT2D eigenvalue weighted by Crippen LogP contribution is 2.24. The van der Waals surface area contributed by atoms with Gasteiger partial charge in [0.15, 0.2) is 5.65 Å². The summed E-state index contributed by atoms with van der Waals surface area (Å²) < 4.78 is 29.5. The van der Waals surface area contributed by atoms with Gasteiger partial charge in [-0.2, -0.15) is 0 Å². The highest BCUT2D eigenvalue weighted by Gasteiger charge is 2.18. The summed E-state index contributed by atoms with van der Waals surface area (Å²) in [6, 6.07) is 11.2. The van der Waals surface area contributed by atoms with Crippen molar-refractivity contribution < 1.29 is 8.42 Å². The van der Waals surface area contributed by atoms with Crippen LogP contribution >= 0.6 is 0 Å². The average Bonchev–Trinajstić information content (AvgIpc) is 3.25. The number of benzene rings is 1. The van der Waals surface area contributed by atoms with Gasteiger partial charge in [0.2, 0.25) is 10.0 Å². The van der Waals surface area contributed by atoms with E-state index < -0.39 is 10.0 Å². The van der Waals surface area contributed by atoms with Crippen LogP contribution in [0, 0.1) is 0 Å². The second-order valence-electron chi connectivity index (χ2n) is 6.33. The number of rotatable bonds is 6. The Morgan fingerprint density at radius 2 is 1.96 bits per heavy atom. The van der Waals surface area contributed by atoms with E-state index in [1.54, 1.807) is 6.07 Å². The SMILES string of the molecule is O=S(=O)(NCCCc1nnc2ccccn12)c1ccc2c(c1)CCC2. The van der Waals surface area contributed by atoms with Gasteiger partial charge < -0.3 is 0 Å². The molecule has 1 aliphatic rings. The quantitative estimate of drug-likeness (QED) is 0.687. The first-order chi connectivity index (χ1) is 12.1. The van der Waals surface area contributed by atoms with Gasteiger partial charge >= 0.3 is 0 Å². The fraction of sp³-hybridized carbons (Fsp3) is 0.333. The lowest BCUT2D eigenvalue weighted by Crippen LogP contribution is -2.25. The maximum atomic E-state index is 12.5. The molecule has 25 heavy (non-hydrogen) atoms. The van der Waals surface area contributed by atoms with Crippen molar-refractivity contribution in [1.82, 2.24) is 19.3 Å². The minimum atomic E-state index is -3.46. The molecule has 7 heteroatoms. The van der Waals surface area contributed by atoms with Crippen molar-refractivity contribution in [2.75, 3.05) is 6.54 Å². The van der Waals surface area contributed by atoms with Gasteiger partial charge in [0.25, 0.3) is 0 Å². The largest absolute Gasteiger partial charge is 0.286 e. The first-order valence-corrected chi connectivity index (χ1v) is 10.0. The standard InChI is InChI=1S/C18H20N4O2S/c23-25(24,16-10-9-14-5-3-6-15(14)13-16)19-11-4-8-18-21-20-17-7-1-2-12-22(17)18/h1-2,7,9-10,12-13,19H,3-6,8,11H2. The van der Waals surface area contributed by atoms with Gasteiger partial charge in [-0.1, -0.05) is 12.1 Å². The number of sulfonamides is 1. The highest BCUT2D eigenvalue weighted by molar-refractivity contribution is 7.89. The molecule has 1 aliphatic carbocycles.